The molecule has 0 heterocycles. The van der Waals surface area contributed by atoms with Crippen LogP contribution in [0.1, 0.15) is 11.1 Å². The minimum atomic E-state index is -0.656. The zero-order valence-electron chi connectivity index (χ0n) is 17.8. The van der Waals surface area contributed by atoms with Crippen LogP contribution in [0.5, 0.6) is 0 Å². The molecule has 0 saturated carbocycles. The Hall–Kier alpha value is -3.47. The number of hydrogen-bond donors (Lipinski definition) is 0. The van der Waals surface area contributed by atoms with E-state index in [1.807, 2.05) is 0 Å². The quantitative estimate of drug-likeness (QED) is 0.276. The van der Waals surface area contributed by atoms with Crippen molar-refractivity contribution >= 4 is 23.8 Å². The van der Waals surface area contributed by atoms with E-state index in [4.69, 9.17) is 0 Å². The van der Waals surface area contributed by atoms with Crippen molar-refractivity contribution < 1.29 is 0 Å². The molecule has 0 nitrogen and oxygen atoms in total. The summed E-state index contributed by atoms with van der Waals surface area (Å²) in [6.07, 6.45) is 1.00. The smallest absolute Gasteiger partial charge is 0.000728 e. The molecule has 0 atom stereocenters. The summed E-state index contributed by atoms with van der Waals surface area (Å²) in [4.78, 5) is 0. The van der Waals surface area contributed by atoms with Gasteiger partial charge in [-0.15, -0.1) is 0 Å². The average molecular weight is 426 g/mol. The summed E-state index contributed by atoms with van der Waals surface area (Å²) < 4.78 is 0. The van der Waals surface area contributed by atoms with Crippen molar-refractivity contribution in [2.75, 3.05) is 0 Å². The van der Waals surface area contributed by atoms with E-state index >= 15 is 0 Å². The maximum atomic E-state index is 2.34. The van der Waals surface area contributed by atoms with E-state index in [0.29, 0.717) is 0 Å². The summed E-state index contributed by atoms with van der Waals surface area (Å²) in [5.74, 6) is 0. The maximum Gasteiger partial charge on any atom is -0.000728 e. The second-order valence-corrected chi connectivity index (χ2v) is 10.4. The highest BCUT2D eigenvalue weighted by Gasteiger charge is 2.25. The van der Waals surface area contributed by atoms with E-state index in [9.17, 15) is 0 Å². The average Bonchev–Trinajstić information content (AvgIpc) is 3.25. The van der Waals surface area contributed by atoms with Crippen molar-refractivity contribution in [3.05, 3.63) is 139 Å². The molecule has 0 saturated heterocycles. The number of hydrogen-bond acceptors (Lipinski definition) is 0. The molecular formula is C31H23P. The Bertz CT molecular complexity index is 1350. The summed E-state index contributed by atoms with van der Waals surface area (Å²) in [5, 5.41) is 4.19. The molecule has 0 spiro atoms. The van der Waals surface area contributed by atoms with Gasteiger partial charge in [0.25, 0.3) is 0 Å². The number of fused-ring (bicyclic) bond motifs is 3. The van der Waals surface area contributed by atoms with E-state index in [1.165, 1.54) is 49.3 Å². The number of benzene rings is 5. The topological polar surface area (TPSA) is 0 Å². The first kappa shape index (κ1) is 19.2. The fourth-order valence-corrected chi connectivity index (χ4v) is 7.35. The van der Waals surface area contributed by atoms with Crippen molar-refractivity contribution in [3.8, 4) is 22.3 Å². The number of rotatable bonds is 4. The van der Waals surface area contributed by atoms with Gasteiger partial charge in [-0.25, -0.2) is 0 Å². The second kappa shape index (κ2) is 8.23. The van der Waals surface area contributed by atoms with Gasteiger partial charge >= 0.3 is 0 Å². The van der Waals surface area contributed by atoms with Gasteiger partial charge in [0, 0.05) is 0 Å². The Kier molecular flexibility index (Phi) is 4.94. The van der Waals surface area contributed by atoms with Crippen LogP contribution in [0, 0.1) is 0 Å². The van der Waals surface area contributed by atoms with Crippen LogP contribution in [-0.4, -0.2) is 0 Å². The summed E-state index contributed by atoms with van der Waals surface area (Å²) in [6.45, 7) is 0. The minimum Gasteiger partial charge on any atom is -0.0622 e. The van der Waals surface area contributed by atoms with Crippen LogP contribution < -0.4 is 15.9 Å². The van der Waals surface area contributed by atoms with Crippen molar-refractivity contribution in [1.82, 2.24) is 0 Å². The van der Waals surface area contributed by atoms with E-state index in [2.05, 4.69) is 127 Å². The van der Waals surface area contributed by atoms with Crippen molar-refractivity contribution in [3.63, 3.8) is 0 Å². The molecule has 0 aromatic heterocycles. The molecule has 1 aliphatic rings. The Labute approximate surface area is 191 Å². The summed E-state index contributed by atoms with van der Waals surface area (Å²) in [6, 6.07) is 46.6. The van der Waals surface area contributed by atoms with Gasteiger partial charge in [0.1, 0.15) is 0 Å². The highest BCUT2D eigenvalue weighted by Crippen LogP contribution is 2.43. The van der Waals surface area contributed by atoms with Crippen LogP contribution in [-0.2, 0) is 6.42 Å². The van der Waals surface area contributed by atoms with Gasteiger partial charge in [-0.3, -0.25) is 0 Å². The summed E-state index contributed by atoms with van der Waals surface area (Å²) in [5.41, 5.74) is 8.38. The second-order valence-electron chi connectivity index (χ2n) is 8.19. The van der Waals surface area contributed by atoms with Crippen LogP contribution in [0.3, 0.4) is 0 Å². The van der Waals surface area contributed by atoms with Crippen LogP contribution in [0.4, 0.5) is 0 Å². The third-order valence-electron chi connectivity index (χ3n) is 6.31. The molecule has 0 fully saturated rings. The lowest BCUT2D eigenvalue weighted by molar-refractivity contribution is 1.26. The third-order valence-corrected chi connectivity index (χ3v) is 8.82. The van der Waals surface area contributed by atoms with E-state index in [1.54, 1.807) is 0 Å². The minimum absolute atomic E-state index is 0.656. The molecule has 152 valence electrons. The third kappa shape index (κ3) is 3.29. The van der Waals surface area contributed by atoms with Gasteiger partial charge in [0.05, 0.1) is 0 Å². The summed E-state index contributed by atoms with van der Waals surface area (Å²) in [7, 11) is -0.656. The van der Waals surface area contributed by atoms with Gasteiger partial charge in [-0.05, 0) is 63.6 Å². The van der Waals surface area contributed by atoms with Gasteiger partial charge in [-0.2, -0.15) is 0 Å². The van der Waals surface area contributed by atoms with E-state index in [0.717, 1.165) is 6.42 Å². The molecule has 1 heteroatoms. The molecule has 5 aromatic carbocycles. The van der Waals surface area contributed by atoms with Gasteiger partial charge < -0.3 is 0 Å². The molecule has 1 aliphatic carbocycles. The van der Waals surface area contributed by atoms with E-state index < -0.39 is 7.92 Å². The fourth-order valence-electron chi connectivity index (χ4n) is 4.89. The predicted octanol–water partition coefficient (Wildman–Crippen LogP) is 6.68. The Morgan fingerprint density at radius 2 is 0.906 bits per heavy atom. The van der Waals surface area contributed by atoms with Gasteiger partial charge in [0.15, 0.2) is 0 Å². The first-order chi connectivity index (χ1) is 15.9. The molecule has 0 aliphatic heterocycles. The first-order valence-corrected chi connectivity index (χ1v) is 12.4. The maximum absolute atomic E-state index is 2.34. The van der Waals surface area contributed by atoms with Crippen molar-refractivity contribution in [2.24, 2.45) is 0 Å². The highest BCUT2D eigenvalue weighted by molar-refractivity contribution is 7.80. The largest absolute Gasteiger partial charge is 0.0622 e. The Morgan fingerprint density at radius 3 is 1.59 bits per heavy atom. The first-order valence-electron chi connectivity index (χ1n) is 11.1. The zero-order chi connectivity index (χ0) is 21.3. The fraction of sp³-hybridized carbons (Fsp3) is 0.0323. The lowest BCUT2D eigenvalue weighted by Crippen LogP contribution is -2.22. The molecule has 0 bridgehead atoms. The Morgan fingerprint density at radius 1 is 0.406 bits per heavy atom. The molecule has 0 unspecified atom stereocenters. The Balaban J connectivity index is 1.56. The normalized spacial score (nSPS) is 11.9. The van der Waals surface area contributed by atoms with Crippen LogP contribution in [0.2, 0.25) is 0 Å². The predicted molar refractivity (Wildman–Crippen MR) is 139 cm³/mol. The van der Waals surface area contributed by atoms with Crippen LogP contribution in [0.25, 0.3) is 22.3 Å². The monoisotopic (exact) mass is 426 g/mol. The van der Waals surface area contributed by atoms with Gasteiger partial charge in [-0.1, -0.05) is 127 Å². The molecular weight excluding hydrogens is 403 g/mol. The molecule has 0 N–H and O–H groups in total. The highest BCUT2D eigenvalue weighted by atomic mass is 31.1. The van der Waals surface area contributed by atoms with E-state index in [-0.39, 0.29) is 0 Å². The molecule has 32 heavy (non-hydrogen) atoms. The molecule has 5 aromatic rings. The lowest BCUT2D eigenvalue weighted by Gasteiger charge is -2.23. The van der Waals surface area contributed by atoms with Crippen LogP contribution in [0.15, 0.2) is 127 Å². The molecule has 0 amide bonds. The van der Waals surface area contributed by atoms with Crippen molar-refractivity contribution in [2.45, 2.75) is 6.42 Å². The molecule has 0 radical (unpaired) electrons. The SMILES string of the molecule is c1ccc(P(c2ccccc2)c2ccccc2-c2cccc3c2Cc2ccccc2-3)cc1. The lowest BCUT2D eigenvalue weighted by atomic mass is 9.96. The standard InChI is InChI=1S/C31H23P/c1-3-13-24(14-4-1)32(25-15-5-2-6-16-25)31-21-10-9-18-29(31)28-20-11-19-27-26-17-8-7-12-23(26)22-30(27)28/h1-21H,22H2. The zero-order valence-corrected chi connectivity index (χ0v) is 18.7. The van der Waals surface area contributed by atoms with Crippen LogP contribution >= 0.6 is 7.92 Å². The van der Waals surface area contributed by atoms with Crippen molar-refractivity contribution in [1.29, 1.82) is 0 Å². The van der Waals surface area contributed by atoms with Gasteiger partial charge in [0.2, 0.25) is 0 Å². The summed E-state index contributed by atoms with van der Waals surface area (Å²) >= 11 is 0. The molecule has 6 rings (SSSR count).